The molecular formula is C14H19BrClFN2. The van der Waals surface area contributed by atoms with E-state index in [2.05, 4.69) is 26.1 Å². The smallest absolute Gasteiger partial charge is 0.124 e. The van der Waals surface area contributed by atoms with Crippen LogP contribution in [0.3, 0.4) is 0 Å². The Hall–Kier alpha value is -0.160. The second-order valence-corrected chi connectivity index (χ2v) is 6.40. The number of halogens is 3. The lowest BCUT2D eigenvalue weighted by atomic mass is 9.88. The number of likely N-dealkylation sites (tertiary alicyclic amines) is 1. The molecule has 1 aromatic rings. The lowest BCUT2D eigenvalue weighted by Gasteiger charge is -2.34. The molecule has 2 atom stereocenters. The SMILES string of the molecule is Cl.Fc1cc(Br)cc(CN2CCC3CNCC3C2)c1. The van der Waals surface area contributed by atoms with Gasteiger partial charge in [0.05, 0.1) is 0 Å². The molecule has 2 fully saturated rings. The second-order valence-electron chi connectivity index (χ2n) is 5.48. The van der Waals surface area contributed by atoms with Crippen molar-refractivity contribution in [2.24, 2.45) is 11.8 Å². The van der Waals surface area contributed by atoms with Gasteiger partial charge in [0.2, 0.25) is 0 Å². The normalized spacial score (nSPS) is 26.8. The van der Waals surface area contributed by atoms with E-state index in [-0.39, 0.29) is 18.2 Å². The van der Waals surface area contributed by atoms with Crippen LogP contribution in [0.25, 0.3) is 0 Å². The van der Waals surface area contributed by atoms with Crippen LogP contribution in [0.4, 0.5) is 4.39 Å². The van der Waals surface area contributed by atoms with Gasteiger partial charge in [0.1, 0.15) is 5.82 Å². The molecule has 1 aromatic carbocycles. The highest BCUT2D eigenvalue weighted by molar-refractivity contribution is 9.10. The number of rotatable bonds is 2. The van der Waals surface area contributed by atoms with E-state index in [1.807, 2.05) is 6.07 Å². The maximum Gasteiger partial charge on any atom is 0.124 e. The Labute approximate surface area is 128 Å². The van der Waals surface area contributed by atoms with Gasteiger partial charge in [-0.05, 0) is 61.7 Å². The average molecular weight is 350 g/mol. The summed E-state index contributed by atoms with van der Waals surface area (Å²) in [6.45, 7) is 5.47. The van der Waals surface area contributed by atoms with E-state index in [0.717, 1.165) is 48.1 Å². The highest BCUT2D eigenvalue weighted by Gasteiger charge is 2.32. The van der Waals surface area contributed by atoms with Crippen molar-refractivity contribution in [3.63, 3.8) is 0 Å². The third-order valence-corrected chi connectivity index (χ3v) is 4.57. The number of fused-ring (bicyclic) bond motifs is 1. The zero-order valence-corrected chi connectivity index (χ0v) is 13.1. The first-order chi connectivity index (χ1) is 8.70. The largest absolute Gasteiger partial charge is 0.316 e. The highest BCUT2D eigenvalue weighted by Crippen LogP contribution is 2.27. The number of benzene rings is 1. The number of nitrogens with zero attached hydrogens (tertiary/aromatic N) is 1. The number of piperidine rings is 1. The van der Waals surface area contributed by atoms with Crippen LogP contribution in [0, 0.1) is 17.7 Å². The van der Waals surface area contributed by atoms with Crippen LogP contribution < -0.4 is 5.32 Å². The molecule has 2 nitrogen and oxygen atoms in total. The van der Waals surface area contributed by atoms with Crippen molar-refractivity contribution in [2.45, 2.75) is 13.0 Å². The van der Waals surface area contributed by atoms with Gasteiger partial charge in [-0.15, -0.1) is 12.4 Å². The molecule has 0 spiro atoms. The van der Waals surface area contributed by atoms with Gasteiger partial charge in [-0.25, -0.2) is 4.39 Å². The third kappa shape index (κ3) is 3.69. The van der Waals surface area contributed by atoms with E-state index in [4.69, 9.17) is 0 Å². The molecule has 2 unspecified atom stereocenters. The monoisotopic (exact) mass is 348 g/mol. The Kier molecular flexibility index (Phi) is 5.23. The summed E-state index contributed by atoms with van der Waals surface area (Å²) in [6, 6.07) is 5.17. The number of hydrogen-bond acceptors (Lipinski definition) is 2. The summed E-state index contributed by atoms with van der Waals surface area (Å²) in [5.74, 6) is 1.49. The van der Waals surface area contributed by atoms with Gasteiger partial charge in [0, 0.05) is 17.6 Å². The van der Waals surface area contributed by atoms with Crippen molar-refractivity contribution >= 4 is 28.3 Å². The van der Waals surface area contributed by atoms with Crippen molar-refractivity contribution in [3.05, 3.63) is 34.1 Å². The van der Waals surface area contributed by atoms with Gasteiger partial charge < -0.3 is 5.32 Å². The Morgan fingerprint density at radius 1 is 1.26 bits per heavy atom. The van der Waals surface area contributed by atoms with Crippen LogP contribution in [0.5, 0.6) is 0 Å². The minimum Gasteiger partial charge on any atom is -0.316 e. The van der Waals surface area contributed by atoms with E-state index >= 15 is 0 Å². The zero-order chi connectivity index (χ0) is 12.5. The molecule has 2 saturated heterocycles. The van der Waals surface area contributed by atoms with Crippen LogP contribution in [0.1, 0.15) is 12.0 Å². The van der Waals surface area contributed by atoms with Crippen LogP contribution in [0.15, 0.2) is 22.7 Å². The van der Waals surface area contributed by atoms with Crippen molar-refractivity contribution < 1.29 is 4.39 Å². The van der Waals surface area contributed by atoms with Crippen molar-refractivity contribution in [1.29, 1.82) is 0 Å². The van der Waals surface area contributed by atoms with E-state index in [1.165, 1.54) is 19.0 Å². The predicted molar refractivity (Wildman–Crippen MR) is 81.1 cm³/mol. The van der Waals surface area contributed by atoms with Crippen molar-refractivity contribution in [2.75, 3.05) is 26.2 Å². The van der Waals surface area contributed by atoms with Crippen LogP contribution in [-0.4, -0.2) is 31.1 Å². The molecule has 19 heavy (non-hydrogen) atoms. The quantitative estimate of drug-likeness (QED) is 0.883. The molecule has 3 rings (SSSR count). The first-order valence-corrected chi connectivity index (χ1v) is 7.38. The van der Waals surface area contributed by atoms with E-state index in [0.29, 0.717) is 0 Å². The molecule has 1 N–H and O–H groups in total. The standard InChI is InChI=1S/C14H18BrFN2.ClH/c15-13-3-10(4-14(16)5-13)8-18-2-1-11-6-17-7-12(11)9-18;/h3-5,11-12,17H,1-2,6-9H2;1H. The Morgan fingerprint density at radius 3 is 2.84 bits per heavy atom. The maximum absolute atomic E-state index is 13.3. The van der Waals surface area contributed by atoms with E-state index < -0.39 is 0 Å². The van der Waals surface area contributed by atoms with E-state index in [1.54, 1.807) is 6.07 Å². The maximum atomic E-state index is 13.3. The molecule has 0 bridgehead atoms. The average Bonchev–Trinajstić information content (AvgIpc) is 2.74. The molecule has 0 amide bonds. The van der Waals surface area contributed by atoms with Gasteiger partial charge in [-0.2, -0.15) is 0 Å². The van der Waals surface area contributed by atoms with Gasteiger partial charge in [-0.3, -0.25) is 4.90 Å². The summed E-state index contributed by atoms with van der Waals surface area (Å²) in [4.78, 5) is 2.45. The van der Waals surface area contributed by atoms with E-state index in [9.17, 15) is 4.39 Å². The fraction of sp³-hybridized carbons (Fsp3) is 0.571. The Morgan fingerprint density at radius 2 is 2.05 bits per heavy atom. The fourth-order valence-electron chi connectivity index (χ4n) is 3.21. The van der Waals surface area contributed by atoms with Crippen LogP contribution in [-0.2, 0) is 6.54 Å². The number of nitrogens with one attached hydrogen (secondary N) is 1. The molecule has 0 radical (unpaired) electrons. The molecule has 0 aliphatic carbocycles. The molecule has 106 valence electrons. The van der Waals surface area contributed by atoms with Crippen LogP contribution in [0.2, 0.25) is 0 Å². The predicted octanol–water partition coefficient (Wildman–Crippen LogP) is 3.05. The van der Waals surface area contributed by atoms with Crippen molar-refractivity contribution in [3.8, 4) is 0 Å². The van der Waals surface area contributed by atoms with Crippen molar-refractivity contribution in [1.82, 2.24) is 10.2 Å². The summed E-state index contributed by atoms with van der Waals surface area (Å²) in [6.07, 6.45) is 1.27. The minimum atomic E-state index is -0.156. The van der Waals surface area contributed by atoms with Crippen LogP contribution >= 0.6 is 28.3 Å². The van der Waals surface area contributed by atoms with Gasteiger partial charge in [0.25, 0.3) is 0 Å². The second kappa shape index (κ2) is 6.53. The molecule has 2 aliphatic heterocycles. The molecule has 5 heteroatoms. The summed E-state index contributed by atoms with van der Waals surface area (Å²) in [7, 11) is 0. The summed E-state index contributed by atoms with van der Waals surface area (Å²) in [5, 5.41) is 3.47. The first-order valence-electron chi connectivity index (χ1n) is 6.59. The molecular weight excluding hydrogens is 331 g/mol. The molecule has 0 saturated carbocycles. The summed E-state index contributed by atoms with van der Waals surface area (Å²) < 4.78 is 14.2. The lowest BCUT2D eigenvalue weighted by molar-refractivity contribution is 0.142. The van der Waals surface area contributed by atoms with Gasteiger partial charge in [0.15, 0.2) is 0 Å². The van der Waals surface area contributed by atoms with Gasteiger partial charge >= 0.3 is 0 Å². The fourth-order valence-corrected chi connectivity index (χ4v) is 3.73. The summed E-state index contributed by atoms with van der Waals surface area (Å²) >= 11 is 3.35. The Balaban J connectivity index is 0.00000133. The number of hydrogen-bond donors (Lipinski definition) is 1. The van der Waals surface area contributed by atoms with Gasteiger partial charge in [-0.1, -0.05) is 15.9 Å². The summed E-state index contributed by atoms with van der Waals surface area (Å²) in [5.41, 5.74) is 1.06. The molecule has 2 aliphatic rings. The first kappa shape index (κ1) is 15.2. The zero-order valence-electron chi connectivity index (χ0n) is 10.7. The molecule has 0 aromatic heterocycles. The topological polar surface area (TPSA) is 15.3 Å². The minimum absolute atomic E-state index is 0. The highest BCUT2D eigenvalue weighted by atomic mass is 79.9. The third-order valence-electron chi connectivity index (χ3n) is 4.12. The molecule has 2 heterocycles. The lowest BCUT2D eigenvalue weighted by Crippen LogP contribution is -2.39. The Bertz CT molecular complexity index is 423.